The zero-order valence-electron chi connectivity index (χ0n) is 10.8. The third kappa shape index (κ3) is 2.88. The van der Waals surface area contributed by atoms with Gasteiger partial charge in [0.1, 0.15) is 6.07 Å². The lowest BCUT2D eigenvalue weighted by atomic mass is 10.1. The zero-order valence-corrected chi connectivity index (χ0v) is 11.7. The number of hydrogen-bond donors (Lipinski definition) is 1. The second-order valence-corrected chi connectivity index (χ2v) is 7.05. The summed E-state index contributed by atoms with van der Waals surface area (Å²) in [4.78, 5) is 1.99. The minimum absolute atomic E-state index is 0.116. The minimum Gasteiger partial charge on any atom is -0.366 e. The molecule has 1 aromatic rings. The lowest BCUT2D eigenvalue weighted by Crippen LogP contribution is -2.47. The fraction of sp³-hybridized carbons (Fsp3) is 0.462. The van der Waals surface area contributed by atoms with Crippen LogP contribution in [0.1, 0.15) is 18.1 Å². The van der Waals surface area contributed by atoms with Crippen LogP contribution in [0, 0.1) is 11.3 Å². The fourth-order valence-electron chi connectivity index (χ4n) is 2.41. The average molecular weight is 279 g/mol. The molecule has 0 saturated carbocycles. The largest absolute Gasteiger partial charge is 0.366 e. The summed E-state index contributed by atoms with van der Waals surface area (Å²) in [6.07, 6.45) is 0. The maximum Gasteiger partial charge on any atom is 0.154 e. The molecule has 1 saturated heterocycles. The van der Waals surface area contributed by atoms with Crippen molar-refractivity contribution in [2.24, 2.45) is 5.73 Å². The van der Waals surface area contributed by atoms with Crippen molar-refractivity contribution in [3.63, 3.8) is 0 Å². The van der Waals surface area contributed by atoms with Crippen LogP contribution in [-0.2, 0) is 16.4 Å². The molecule has 0 aromatic heterocycles. The zero-order chi connectivity index (χ0) is 14.0. The second kappa shape index (κ2) is 5.19. The molecule has 1 unspecified atom stereocenters. The molecule has 1 heterocycles. The van der Waals surface area contributed by atoms with Crippen LogP contribution < -0.4 is 10.6 Å². The Labute approximate surface area is 113 Å². The van der Waals surface area contributed by atoms with E-state index >= 15 is 0 Å². The first-order chi connectivity index (χ1) is 8.96. The van der Waals surface area contributed by atoms with Gasteiger partial charge < -0.3 is 10.6 Å². The molecule has 1 aromatic carbocycles. The van der Waals surface area contributed by atoms with Crippen LogP contribution in [0.25, 0.3) is 0 Å². The van der Waals surface area contributed by atoms with Gasteiger partial charge in [0.15, 0.2) is 9.84 Å². The SMILES string of the molecule is CC1CS(=O)(=O)CCN1c1ccc(CN)cc1C#N. The van der Waals surface area contributed by atoms with E-state index in [-0.39, 0.29) is 17.5 Å². The van der Waals surface area contributed by atoms with Crippen molar-refractivity contribution in [2.75, 3.05) is 23.0 Å². The van der Waals surface area contributed by atoms with Gasteiger partial charge in [-0.3, -0.25) is 0 Å². The van der Waals surface area contributed by atoms with E-state index in [1.807, 2.05) is 24.0 Å². The Morgan fingerprint density at radius 3 is 2.84 bits per heavy atom. The highest BCUT2D eigenvalue weighted by Crippen LogP contribution is 2.26. The molecule has 0 aliphatic carbocycles. The Bertz CT molecular complexity index is 619. The number of hydrogen-bond acceptors (Lipinski definition) is 5. The van der Waals surface area contributed by atoms with Crippen LogP contribution >= 0.6 is 0 Å². The number of rotatable bonds is 2. The van der Waals surface area contributed by atoms with Crippen molar-refractivity contribution in [3.05, 3.63) is 29.3 Å². The summed E-state index contributed by atoms with van der Waals surface area (Å²) in [7, 11) is -2.95. The van der Waals surface area contributed by atoms with E-state index in [0.29, 0.717) is 18.7 Å². The standard InChI is InChI=1S/C13H17N3O2S/c1-10-9-19(17,18)5-4-16(10)13-3-2-11(7-14)6-12(13)8-15/h2-3,6,10H,4-5,7,9,14H2,1H3. The second-order valence-electron chi connectivity index (χ2n) is 4.82. The molecule has 0 radical (unpaired) electrons. The Morgan fingerprint density at radius 1 is 1.53 bits per heavy atom. The molecule has 1 aliphatic rings. The molecule has 5 nitrogen and oxygen atoms in total. The van der Waals surface area contributed by atoms with E-state index in [9.17, 15) is 13.7 Å². The topological polar surface area (TPSA) is 87.2 Å². The fourth-order valence-corrected chi connectivity index (χ4v) is 3.96. The van der Waals surface area contributed by atoms with Gasteiger partial charge in [0.25, 0.3) is 0 Å². The third-order valence-electron chi connectivity index (χ3n) is 3.40. The number of sulfone groups is 1. The number of nitriles is 1. The van der Waals surface area contributed by atoms with E-state index in [0.717, 1.165) is 11.3 Å². The Kier molecular flexibility index (Phi) is 3.78. The molecular formula is C13H17N3O2S. The van der Waals surface area contributed by atoms with Gasteiger partial charge in [0, 0.05) is 19.1 Å². The number of nitrogens with two attached hydrogens (primary N) is 1. The van der Waals surface area contributed by atoms with Crippen LogP contribution in [0.2, 0.25) is 0 Å². The predicted octanol–water partition coefficient (Wildman–Crippen LogP) is 0.640. The van der Waals surface area contributed by atoms with Gasteiger partial charge in [-0.05, 0) is 24.6 Å². The summed E-state index contributed by atoms with van der Waals surface area (Å²) in [5, 5.41) is 9.22. The highest BCUT2D eigenvalue weighted by molar-refractivity contribution is 7.91. The van der Waals surface area contributed by atoms with Crippen molar-refractivity contribution in [2.45, 2.75) is 19.5 Å². The third-order valence-corrected chi connectivity index (χ3v) is 5.19. The Hall–Kier alpha value is -1.58. The summed E-state index contributed by atoms with van der Waals surface area (Å²) in [6, 6.07) is 7.55. The number of benzene rings is 1. The van der Waals surface area contributed by atoms with Crippen molar-refractivity contribution in [1.29, 1.82) is 5.26 Å². The van der Waals surface area contributed by atoms with E-state index < -0.39 is 9.84 Å². The molecule has 1 atom stereocenters. The molecule has 0 amide bonds. The molecule has 2 N–H and O–H groups in total. The number of anilines is 1. The van der Waals surface area contributed by atoms with Crippen LogP contribution in [0.4, 0.5) is 5.69 Å². The molecular weight excluding hydrogens is 262 g/mol. The van der Waals surface area contributed by atoms with Gasteiger partial charge in [-0.2, -0.15) is 5.26 Å². The summed E-state index contributed by atoms with van der Waals surface area (Å²) in [6.45, 7) is 2.69. The molecule has 19 heavy (non-hydrogen) atoms. The first-order valence-electron chi connectivity index (χ1n) is 6.17. The lowest BCUT2D eigenvalue weighted by molar-refractivity contribution is 0.568. The van der Waals surface area contributed by atoms with Crippen molar-refractivity contribution in [3.8, 4) is 6.07 Å². The molecule has 0 bridgehead atoms. The van der Waals surface area contributed by atoms with Crippen molar-refractivity contribution in [1.82, 2.24) is 0 Å². The number of nitrogens with zero attached hydrogens (tertiary/aromatic N) is 2. The van der Waals surface area contributed by atoms with Crippen LogP contribution in [0.15, 0.2) is 18.2 Å². The van der Waals surface area contributed by atoms with Gasteiger partial charge in [-0.25, -0.2) is 8.42 Å². The van der Waals surface area contributed by atoms with Crippen LogP contribution in [0.3, 0.4) is 0 Å². The van der Waals surface area contributed by atoms with Crippen LogP contribution in [-0.4, -0.2) is 32.5 Å². The van der Waals surface area contributed by atoms with E-state index in [1.54, 1.807) is 6.07 Å². The predicted molar refractivity (Wildman–Crippen MR) is 74.5 cm³/mol. The highest BCUT2D eigenvalue weighted by atomic mass is 32.2. The summed E-state index contributed by atoms with van der Waals surface area (Å²) >= 11 is 0. The Morgan fingerprint density at radius 2 is 2.26 bits per heavy atom. The first kappa shape index (κ1) is 13.8. The summed E-state index contributed by atoms with van der Waals surface area (Å²) in [5.41, 5.74) is 7.81. The maximum absolute atomic E-state index is 11.6. The van der Waals surface area contributed by atoms with E-state index in [2.05, 4.69) is 6.07 Å². The van der Waals surface area contributed by atoms with E-state index in [1.165, 1.54) is 0 Å². The van der Waals surface area contributed by atoms with Gasteiger partial charge in [0.05, 0.1) is 22.8 Å². The Balaban J connectivity index is 2.35. The molecule has 6 heteroatoms. The molecule has 1 fully saturated rings. The highest BCUT2D eigenvalue weighted by Gasteiger charge is 2.29. The molecule has 2 rings (SSSR count). The van der Waals surface area contributed by atoms with Gasteiger partial charge in [-0.15, -0.1) is 0 Å². The lowest BCUT2D eigenvalue weighted by Gasteiger charge is -2.35. The summed E-state index contributed by atoms with van der Waals surface area (Å²) < 4.78 is 23.2. The van der Waals surface area contributed by atoms with E-state index in [4.69, 9.17) is 5.73 Å². The monoisotopic (exact) mass is 279 g/mol. The smallest absolute Gasteiger partial charge is 0.154 e. The minimum atomic E-state index is -2.95. The molecule has 1 aliphatic heterocycles. The van der Waals surface area contributed by atoms with Gasteiger partial charge in [-0.1, -0.05) is 6.07 Å². The van der Waals surface area contributed by atoms with Crippen molar-refractivity contribution >= 4 is 15.5 Å². The first-order valence-corrected chi connectivity index (χ1v) is 7.99. The quantitative estimate of drug-likeness (QED) is 0.858. The van der Waals surface area contributed by atoms with Crippen molar-refractivity contribution < 1.29 is 8.42 Å². The van der Waals surface area contributed by atoms with Crippen LogP contribution in [0.5, 0.6) is 0 Å². The normalized spacial score (nSPS) is 21.9. The average Bonchev–Trinajstić information content (AvgIpc) is 2.37. The molecule has 0 spiro atoms. The summed E-state index contributed by atoms with van der Waals surface area (Å²) in [5.74, 6) is 0.275. The van der Waals surface area contributed by atoms with Gasteiger partial charge >= 0.3 is 0 Å². The maximum atomic E-state index is 11.6. The molecule has 102 valence electrons. The van der Waals surface area contributed by atoms with Gasteiger partial charge in [0.2, 0.25) is 0 Å².